The number of fused-ring (bicyclic) bond motifs is 3. The van der Waals surface area contributed by atoms with E-state index < -0.39 is 0 Å². The number of rotatable bonds is 1. The smallest absolute Gasteiger partial charge is 0.132 e. The van der Waals surface area contributed by atoms with Gasteiger partial charge in [0.25, 0.3) is 0 Å². The molecule has 106 valence electrons. The van der Waals surface area contributed by atoms with E-state index in [1.165, 1.54) is 23.3 Å². The third-order valence-corrected chi connectivity index (χ3v) is 4.13. The van der Waals surface area contributed by atoms with Crippen LogP contribution in [0.25, 0.3) is 10.9 Å². The summed E-state index contributed by atoms with van der Waals surface area (Å²) in [7, 11) is 0. The van der Waals surface area contributed by atoms with Crippen LogP contribution in [0.15, 0.2) is 42.5 Å². The summed E-state index contributed by atoms with van der Waals surface area (Å²) in [5, 5.41) is 8.98. The van der Waals surface area contributed by atoms with Crippen molar-refractivity contribution >= 4 is 16.7 Å². The maximum Gasteiger partial charge on any atom is 0.132 e. The Labute approximate surface area is 122 Å². The molecule has 0 aliphatic carbocycles. The quantitative estimate of drug-likeness (QED) is 0.733. The Morgan fingerprint density at radius 3 is 2.81 bits per heavy atom. The Balaban J connectivity index is 1.87. The lowest BCUT2D eigenvalue weighted by Gasteiger charge is -2.26. The molecule has 1 aromatic heterocycles. The van der Waals surface area contributed by atoms with Crippen LogP contribution in [0.2, 0.25) is 0 Å². The molecular formula is C17H16FN3. The molecule has 4 rings (SSSR count). The predicted octanol–water partition coefficient (Wildman–Crippen LogP) is 3.89. The predicted molar refractivity (Wildman–Crippen MR) is 82.1 cm³/mol. The molecule has 1 N–H and O–H groups in total. The van der Waals surface area contributed by atoms with Crippen LogP contribution in [0.5, 0.6) is 0 Å². The number of hydrogen-bond donors (Lipinski definition) is 1. The molecule has 0 fully saturated rings. The van der Waals surface area contributed by atoms with Crippen LogP contribution in [0, 0.1) is 12.7 Å². The second kappa shape index (κ2) is 4.58. The van der Waals surface area contributed by atoms with Gasteiger partial charge in [0.1, 0.15) is 11.6 Å². The molecule has 0 saturated heterocycles. The fraction of sp³-hybridized carbons (Fsp3) is 0.235. The van der Waals surface area contributed by atoms with E-state index in [0.717, 1.165) is 24.2 Å². The van der Waals surface area contributed by atoms with Crippen LogP contribution in [-0.2, 0) is 0 Å². The Morgan fingerprint density at radius 2 is 2.00 bits per heavy atom. The van der Waals surface area contributed by atoms with Gasteiger partial charge in [0.2, 0.25) is 0 Å². The number of benzene rings is 2. The molecule has 1 unspecified atom stereocenters. The summed E-state index contributed by atoms with van der Waals surface area (Å²) in [5.41, 5.74) is 3.20. The summed E-state index contributed by atoms with van der Waals surface area (Å²) < 4.78 is 15.4. The maximum atomic E-state index is 13.4. The molecule has 1 aliphatic heterocycles. The number of halogens is 1. The van der Waals surface area contributed by atoms with Crippen molar-refractivity contribution in [2.45, 2.75) is 19.4 Å². The van der Waals surface area contributed by atoms with Crippen molar-refractivity contribution in [2.75, 3.05) is 11.9 Å². The zero-order valence-corrected chi connectivity index (χ0v) is 11.8. The first-order chi connectivity index (χ1) is 10.2. The Hall–Kier alpha value is -2.36. The molecule has 21 heavy (non-hydrogen) atoms. The van der Waals surface area contributed by atoms with E-state index in [1.807, 2.05) is 4.68 Å². The van der Waals surface area contributed by atoms with Gasteiger partial charge in [0.05, 0.1) is 11.6 Å². The Bertz CT molecular complexity index is 805. The van der Waals surface area contributed by atoms with E-state index in [1.54, 1.807) is 6.07 Å². The minimum absolute atomic E-state index is 0.206. The lowest BCUT2D eigenvalue weighted by atomic mass is 10.0. The number of nitrogens with zero attached hydrogens (tertiary/aromatic N) is 2. The summed E-state index contributed by atoms with van der Waals surface area (Å²) in [6.07, 6.45) is 0.979. The number of aromatic nitrogens is 2. The van der Waals surface area contributed by atoms with E-state index in [9.17, 15) is 4.39 Å². The fourth-order valence-corrected chi connectivity index (χ4v) is 3.03. The molecule has 2 heterocycles. The van der Waals surface area contributed by atoms with E-state index in [4.69, 9.17) is 0 Å². The minimum Gasteiger partial charge on any atom is -0.370 e. The number of aryl methyl sites for hydroxylation is 1. The highest BCUT2D eigenvalue weighted by molar-refractivity contribution is 5.90. The largest absolute Gasteiger partial charge is 0.370 e. The van der Waals surface area contributed by atoms with Crippen molar-refractivity contribution < 1.29 is 4.39 Å². The molecular weight excluding hydrogens is 265 g/mol. The highest BCUT2D eigenvalue weighted by atomic mass is 19.1. The first-order valence-electron chi connectivity index (χ1n) is 7.20. The van der Waals surface area contributed by atoms with E-state index in [0.29, 0.717) is 5.52 Å². The average molecular weight is 281 g/mol. The van der Waals surface area contributed by atoms with E-state index in [-0.39, 0.29) is 11.9 Å². The Kier molecular flexibility index (Phi) is 2.70. The van der Waals surface area contributed by atoms with Crippen molar-refractivity contribution in [2.24, 2.45) is 0 Å². The molecule has 0 spiro atoms. The number of nitrogens with one attached hydrogen (secondary N) is 1. The van der Waals surface area contributed by atoms with E-state index >= 15 is 0 Å². The number of hydrogen-bond acceptors (Lipinski definition) is 2. The summed E-state index contributed by atoms with van der Waals surface area (Å²) in [6.45, 7) is 2.99. The van der Waals surface area contributed by atoms with Gasteiger partial charge < -0.3 is 5.32 Å². The first kappa shape index (κ1) is 12.4. The van der Waals surface area contributed by atoms with Crippen LogP contribution in [0.1, 0.15) is 23.6 Å². The second-order valence-electron chi connectivity index (χ2n) is 5.60. The number of anilines is 1. The fourth-order valence-electron chi connectivity index (χ4n) is 3.03. The molecule has 0 saturated carbocycles. The van der Waals surface area contributed by atoms with Crippen LogP contribution >= 0.6 is 0 Å². The maximum absolute atomic E-state index is 13.4. The van der Waals surface area contributed by atoms with Crippen LogP contribution in [0.4, 0.5) is 10.2 Å². The second-order valence-corrected chi connectivity index (χ2v) is 5.60. The minimum atomic E-state index is -0.246. The molecule has 4 heteroatoms. The van der Waals surface area contributed by atoms with Crippen LogP contribution in [0.3, 0.4) is 0 Å². The topological polar surface area (TPSA) is 29.9 Å². The standard InChI is InChI=1S/C17H16FN3/c1-11-2-4-12(5-3-11)16-8-9-19-17-14-7-6-13(18)10-15(14)20-21(16)17/h2-7,10,16,19H,8-9H2,1H3. The van der Waals surface area contributed by atoms with Gasteiger partial charge in [-0.3, -0.25) is 0 Å². The van der Waals surface area contributed by atoms with Gasteiger partial charge in [0, 0.05) is 18.0 Å². The van der Waals surface area contributed by atoms with Gasteiger partial charge in [-0.25, -0.2) is 9.07 Å². The molecule has 0 bridgehead atoms. The highest BCUT2D eigenvalue weighted by Crippen LogP contribution is 2.34. The molecule has 3 nitrogen and oxygen atoms in total. The lowest BCUT2D eigenvalue weighted by Crippen LogP contribution is -2.24. The summed E-state index contributed by atoms with van der Waals surface area (Å²) in [5.74, 6) is 0.742. The summed E-state index contributed by atoms with van der Waals surface area (Å²) in [6, 6.07) is 13.5. The van der Waals surface area contributed by atoms with Crippen molar-refractivity contribution in [1.29, 1.82) is 0 Å². The van der Waals surface area contributed by atoms with Crippen molar-refractivity contribution in [3.8, 4) is 0 Å². The monoisotopic (exact) mass is 281 g/mol. The zero-order valence-electron chi connectivity index (χ0n) is 11.8. The third-order valence-electron chi connectivity index (χ3n) is 4.13. The van der Waals surface area contributed by atoms with Crippen molar-refractivity contribution in [1.82, 2.24) is 9.78 Å². The summed E-state index contributed by atoms with van der Waals surface area (Å²) in [4.78, 5) is 0. The third kappa shape index (κ3) is 1.98. The molecule has 3 aromatic rings. The van der Waals surface area contributed by atoms with Crippen molar-refractivity contribution in [3.63, 3.8) is 0 Å². The molecule has 1 atom stereocenters. The van der Waals surface area contributed by atoms with Gasteiger partial charge in [-0.2, -0.15) is 5.10 Å². The normalized spacial score (nSPS) is 17.5. The van der Waals surface area contributed by atoms with Crippen molar-refractivity contribution in [3.05, 3.63) is 59.4 Å². The zero-order chi connectivity index (χ0) is 14.4. The van der Waals surface area contributed by atoms with E-state index in [2.05, 4.69) is 41.6 Å². The van der Waals surface area contributed by atoms with Crippen LogP contribution < -0.4 is 5.32 Å². The molecule has 2 aromatic carbocycles. The van der Waals surface area contributed by atoms with Gasteiger partial charge in [0.15, 0.2) is 0 Å². The highest BCUT2D eigenvalue weighted by Gasteiger charge is 2.24. The molecule has 1 aliphatic rings. The SMILES string of the molecule is Cc1ccc(C2CCNc3c4ccc(F)cc4nn32)cc1. The first-order valence-corrected chi connectivity index (χ1v) is 7.20. The lowest BCUT2D eigenvalue weighted by molar-refractivity contribution is 0.485. The van der Waals surface area contributed by atoms with Gasteiger partial charge >= 0.3 is 0 Å². The van der Waals surface area contributed by atoms with Gasteiger partial charge in [-0.05, 0) is 31.0 Å². The Morgan fingerprint density at radius 1 is 1.19 bits per heavy atom. The average Bonchev–Trinajstić information content (AvgIpc) is 2.85. The van der Waals surface area contributed by atoms with Crippen LogP contribution in [-0.4, -0.2) is 16.3 Å². The summed E-state index contributed by atoms with van der Waals surface area (Å²) >= 11 is 0. The molecule has 0 radical (unpaired) electrons. The molecule has 0 amide bonds. The van der Waals surface area contributed by atoms with Gasteiger partial charge in [-0.15, -0.1) is 0 Å². The van der Waals surface area contributed by atoms with Gasteiger partial charge in [-0.1, -0.05) is 29.8 Å².